The highest BCUT2D eigenvalue weighted by atomic mass is 35.5. The van der Waals surface area contributed by atoms with E-state index in [1.54, 1.807) is 12.1 Å². The van der Waals surface area contributed by atoms with Gasteiger partial charge in [-0.1, -0.05) is 30.9 Å². The maximum Gasteiger partial charge on any atom is 0.150 e. The Morgan fingerprint density at radius 3 is 2.63 bits per heavy atom. The summed E-state index contributed by atoms with van der Waals surface area (Å²) in [5.41, 5.74) is 1.51. The monoisotopic (exact) mass is 281 g/mol. The minimum Gasteiger partial charge on any atom is -0.395 e. The third kappa shape index (κ3) is 3.48. The van der Waals surface area contributed by atoms with Crippen LogP contribution in [0.2, 0.25) is 5.02 Å². The van der Waals surface area contributed by atoms with Crippen molar-refractivity contribution in [1.29, 1.82) is 0 Å². The predicted molar refractivity (Wildman–Crippen MR) is 78.1 cm³/mol. The Balaban J connectivity index is 2.24. The summed E-state index contributed by atoms with van der Waals surface area (Å²) in [6, 6.07) is 5.80. The van der Waals surface area contributed by atoms with E-state index in [0.717, 1.165) is 24.8 Å². The number of benzene rings is 1. The molecular weight excluding hydrogens is 262 g/mol. The largest absolute Gasteiger partial charge is 0.395 e. The number of rotatable bonds is 5. The Hall–Kier alpha value is -1.06. The van der Waals surface area contributed by atoms with Crippen molar-refractivity contribution < 1.29 is 9.90 Å². The van der Waals surface area contributed by atoms with Crippen LogP contribution in [0.3, 0.4) is 0 Å². The van der Waals surface area contributed by atoms with Crippen molar-refractivity contribution in [2.24, 2.45) is 0 Å². The van der Waals surface area contributed by atoms with Crippen molar-refractivity contribution in [3.63, 3.8) is 0 Å². The summed E-state index contributed by atoms with van der Waals surface area (Å²) in [7, 11) is 0. The Labute approximate surface area is 119 Å². The maximum atomic E-state index is 10.8. The highest BCUT2D eigenvalue weighted by Gasteiger charge is 2.22. The third-order valence-corrected chi connectivity index (χ3v) is 4.08. The number of aliphatic hydroxyl groups excluding tert-OH is 1. The van der Waals surface area contributed by atoms with E-state index in [-0.39, 0.29) is 6.61 Å². The van der Waals surface area contributed by atoms with Gasteiger partial charge in [-0.05, 0) is 31.0 Å². The third-order valence-electron chi connectivity index (χ3n) is 3.77. The number of aldehydes is 1. The number of anilines is 1. The standard InChI is InChI=1S/C15H20ClNO2/c16-14-10-12(11-19)6-7-15(14)17(8-9-18)13-4-2-1-3-5-13/h6-7,10-11,13,18H,1-5,8-9H2. The van der Waals surface area contributed by atoms with E-state index in [1.807, 2.05) is 6.07 Å². The van der Waals surface area contributed by atoms with Crippen LogP contribution in [0.5, 0.6) is 0 Å². The summed E-state index contributed by atoms with van der Waals surface area (Å²) < 4.78 is 0. The zero-order valence-electron chi connectivity index (χ0n) is 11.0. The zero-order valence-corrected chi connectivity index (χ0v) is 11.8. The van der Waals surface area contributed by atoms with E-state index < -0.39 is 0 Å². The van der Waals surface area contributed by atoms with Gasteiger partial charge in [0.2, 0.25) is 0 Å². The van der Waals surface area contributed by atoms with E-state index in [4.69, 9.17) is 11.6 Å². The molecule has 4 heteroatoms. The van der Waals surface area contributed by atoms with E-state index in [1.165, 1.54) is 19.3 Å². The summed E-state index contributed by atoms with van der Waals surface area (Å²) in [5, 5.41) is 9.87. The van der Waals surface area contributed by atoms with E-state index in [0.29, 0.717) is 23.2 Å². The lowest BCUT2D eigenvalue weighted by molar-refractivity contribution is 0.112. The maximum absolute atomic E-state index is 10.8. The second kappa shape index (κ2) is 6.92. The van der Waals surface area contributed by atoms with Gasteiger partial charge >= 0.3 is 0 Å². The second-order valence-electron chi connectivity index (χ2n) is 5.04. The number of hydrogen-bond acceptors (Lipinski definition) is 3. The first-order valence-corrected chi connectivity index (χ1v) is 7.26. The second-order valence-corrected chi connectivity index (χ2v) is 5.44. The summed E-state index contributed by atoms with van der Waals surface area (Å²) >= 11 is 6.28. The summed E-state index contributed by atoms with van der Waals surface area (Å²) in [6.45, 7) is 0.701. The quantitative estimate of drug-likeness (QED) is 0.842. The van der Waals surface area contributed by atoms with Gasteiger partial charge in [-0.15, -0.1) is 0 Å². The normalized spacial score (nSPS) is 16.3. The molecule has 0 aliphatic heterocycles. The molecule has 1 aromatic carbocycles. The van der Waals surface area contributed by atoms with Gasteiger partial charge in [-0.25, -0.2) is 0 Å². The molecule has 0 bridgehead atoms. The van der Waals surface area contributed by atoms with Crippen molar-refractivity contribution in [2.45, 2.75) is 38.1 Å². The van der Waals surface area contributed by atoms with Crippen LogP contribution >= 0.6 is 11.6 Å². The number of hydrogen-bond donors (Lipinski definition) is 1. The lowest BCUT2D eigenvalue weighted by atomic mass is 9.93. The molecule has 1 fully saturated rings. The van der Waals surface area contributed by atoms with E-state index in [9.17, 15) is 9.90 Å². The van der Waals surface area contributed by atoms with Crippen LogP contribution in [-0.2, 0) is 0 Å². The number of carbonyl (C=O) groups is 1. The average Bonchev–Trinajstić information content (AvgIpc) is 2.46. The van der Waals surface area contributed by atoms with Crippen LogP contribution in [-0.4, -0.2) is 30.6 Å². The molecule has 0 saturated heterocycles. The minimum absolute atomic E-state index is 0.113. The fraction of sp³-hybridized carbons (Fsp3) is 0.533. The first kappa shape index (κ1) is 14.4. The Bertz CT molecular complexity index is 430. The van der Waals surface area contributed by atoms with Gasteiger partial charge in [0.1, 0.15) is 6.29 Å². The molecule has 0 atom stereocenters. The van der Waals surface area contributed by atoms with Gasteiger partial charge in [-0.2, -0.15) is 0 Å². The molecule has 0 amide bonds. The highest BCUT2D eigenvalue weighted by Crippen LogP contribution is 2.32. The van der Waals surface area contributed by atoms with Crippen LogP contribution in [0.25, 0.3) is 0 Å². The number of nitrogens with zero attached hydrogens (tertiary/aromatic N) is 1. The van der Waals surface area contributed by atoms with Crippen LogP contribution in [0.4, 0.5) is 5.69 Å². The van der Waals surface area contributed by atoms with Crippen molar-refractivity contribution in [2.75, 3.05) is 18.1 Å². The molecule has 0 spiro atoms. The summed E-state index contributed by atoms with van der Waals surface area (Å²) in [4.78, 5) is 12.9. The first-order valence-electron chi connectivity index (χ1n) is 6.88. The molecule has 1 aliphatic rings. The fourth-order valence-electron chi connectivity index (χ4n) is 2.83. The Kier molecular flexibility index (Phi) is 5.23. The van der Waals surface area contributed by atoms with Gasteiger partial charge in [-0.3, -0.25) is 4.79 Å². The lowest BCUT2D eigenvalue weighted by Crippen LogP contribution is -2.39. The molecule has 3 nitrogen and oxygen atoms in total. The van der Waals surface area contributed by atoms with Crippen LogP contribution in [0.1, 0.15) is 42.5 Å². The Morgan fingerprint density at radius 2 is 2.05 bits per heavy atom. The number of carbonyl (C=O) groups excluding carboxylic acids is 1. The molecule has 2 rings (SSSR count). The molecule has 1 saturated carbocycles. The lowest BCUT2D eigenvalue weighted by Gasteiger charge is -2.36. The molecule has 0 radical (unpaired) electrons. The average molecular weight is 282 g/mol. The molecule has 0 unspecified atom stereocenters. The van der Waals surface area contributed by atoms with Crippen LogP contribution in [0, 0.1) is 0 Å². The molecular formula is C15H20ClNO2. The summed E-state index contributed by atoms with van der Waals surface area (Å²) in [5.74, 6) is 0. The molecule has 1 aliphatic carbocycles. The van der Waals surface area contributed by atoms with E-state index >= 15 is 0 Å². The molecule has 0 aromatic heterocycles. The van der Waals surface area contributed by atoms with Gasteiger partial charge in [0.25, 0.3) is 0 Å². The Morgan fingerprint density at radius 1 is 1.32 bits per heavy atom. The molecule has 1 aromatic rings. The predicted octanol–water partition coefficient (Wildman–Crippen LogP) is 3.28. The topological polar surface area (TPSA) is 40.5 Å². The molecule has 104 valence electrons. The molecule has 0 heterocycles. The fourth-order valence-corrected chi connectivity index (χ4v) is 3.13. The van der Waals surface area contributed by atoms with Gasteiger partial charge in [0.15, 0.2) is 0 Å². The van der Waals surface area contributed by atoms with Crippen LogP contribution in [0.15, 0.2) is 18.2 Å². The molecule has 1 N–H and O–H groups in total. The first-order chi connectivity index (χ1) is 9.26. The smallest absolute Gasteiger partial charge is 0.150 e. The SMILES string of the molecule is O=Cc1ccc(N(CCO)C2CCCCC2)c(Cl)c1. The highest BCUT2D eigenvalue weighted by molar-refractivity contribution is 6.33. The van der Waals surface area contributed by atoms with Crippen molar-refractivity contribution in [1.82, 2.24) is 0 Å². The van der Waals surface area contributed by atoms with Gasteiger partial charge in [0, 0.05) is 18.2 Å². The molecule has 19 heavy (non-hydrogen) atoms. The minimum atomic E-state index is 0.113. The number of aliphatic hydroxyl groups is 1. The van der Waals surface area contributed by atoms with Gasteiger partial charge < -0.3 is 10.0 Å². The van der Waals surface area contributed by atoms with Crippen molar-refractivity contribution in [3.8, 4) is 0 Å². The number of halogens is 1. The van der Waals surface area contributed by atoms with Gasteiger partial charge in [0.05, 0.1) is 17.3 Å². The summed E-state index contributed by atoms with van der Waals surface area (Å²) in [6.07, 6.45) is 6.85. The van der Waals surface area contributed by atoms with E-state index in [2.05, 4.69) is 4.90 Å². The zero-order chi connectivity index (χ0) is 13.7. The van der Waals surface area contributed by atoms with Crippen molar-refractivity contribution >= 4 is 23.6 Å². The van der Waals surface area contributed by atoms with Crippen molar-refractivity contribution in [3.05, 3.63) is 28.8 Å². The van der Waals surface area contributed by atoms with Crippen LogP contribution < -0.4 is 4.90 Å².